The maximum atomic E-state index is 13.7. The van der Waals surface area contributed by atoms with Crippen LogP contribution in [0.4, 0.5) is 43.7 Å². The number of fused-ring (bicyclic) bond motifs is 1. The van der Waals surface area contributed by atoms with Crippen molar-refractivity contribution in [1.82, 2.24) is 9.97 Å². The van der Waals surface area contributed by atoms with E-state index in [1.807, 2.05) is 11.0 Å². The molecule has 3 heterocycles. The van der Waals surface area contributed by atoms with Crippen LogP contribution in [-0.2, 0) is 46.2 Å². The van der Waals surface area contributed by atoms with Gasteiger partial charge < -0.3 is 24.5 Å². The van der Waals surface area contributed by atoms with Crippen LogP contribution in [0.15, 0.2) is 48.8 Å². The highest BCUT2D eigenvalue weighted by Crippen LogP contribution is 2.38. The van der Waals surface area contributed by atoms with E-state index in [9.17, 15) is 35.9 Å². The summed E-state index contributed by atoms with van der Waals surface area (Å²) in [7, 11) is 0. The van der Waals surface area contributed by atoms with Gasteiger partial charge in [-0.25, -0.2) is 9.97 Å². The molecule has 0 aliphatic carbocycles. The Morgan fingerprint density at radius 1 is 0.854 bits per heavy atom. The van der Waals surface area contributed by atoms with Crippen molar-refractivity contribution in [3.05, 3.63) is 76.6 Å². The van der Waals surface area contributed by atoms with Crippen LogP contribution in [0, 0.1) is 0 Å². The maximum Gasteiger partial charge on any atom is 0.416 e. The second-order valence-electron chi connectivity index (χ2n) is 11.8. The zero-order chi connectivity index (χ0) is 34.5. The van der Waals surface area contributed by atoms with E-state index in [2.05, 4.69) is 9.97 Å². The maximum absolute atomic E-state index is 13.7. The van der Waals surface area contributed by atoms with Crippen molar-refractivity contribution in [2.24, 2.45) is 0 Å². The number of aromatic nitrogens is 2. The van der Waals surface area contributed by atoms with E-state index in [1.54, 1.807) is 29.4 Å². The number of halogens is 6. The molecule has 1 fully saturated rings. The van der Waals surface area contributed by atoms with Crippen LogP contribution in [0.1, 0.15) is 59.9 Å². The number of alkyl halides is 6. The zero-order valence-corrected chi connectivity index (χ0v) is 26.0. The molecule has 0 spiro atoms. The molecule has 3 aromatic rings. The standard InChI is InChI=1S/C33H35F6N5O4/c34-32(35,36)25-15-22(16-26(17-25)33(37,38)39)20-43(31-40-18-27(19-41-31)42-11-13-48-14-12-42)21-24-6-4-5-23-9-10-44(30(23)24)28(45)7-2-1-3-8-29(46)47/h4-6,15-19H,1-3,7-14,20-21H2,(H,46,47). The predicted molar refractivity (Wildman–Crippen MR) is 165 cm³/mol. The first-order valence-corrected chi connectivity index (χ1v) is 15.6. The summed E-state index contributed by atoms with van der Waals surface area (Å²) >= 11 is 0. The molecule has 1 amide bonds. The van der Waals surface area contributed by atoms with Crippen LogP contribution in [0.2, 0.25) is 0 Å². The van der Waals surface area contributed by atoms with Crippen LogP contribution < -0.4 is 14.7 Å². The minimum atomic E-state index is -5.01. The summed E-state index contributed by atoms with van der Waals surface area (Å²) in [6.45, 7) is 2.26. The molecule has 0 atom stereocenters. The molecule has 2 aliphatic rings. The Kier molecular flexibility index (Phi) is 10.8. The highest BCUT2D eigenvalue weighted by molar-refractivity contribution is 5.96. The van der Waals surface area contributed by atoms with Gasteiger partial charge in [-0.3, -0.25) is 9.59 Å². The first-order chi connectivity index (χ1) is 22.8. The molecule has 5 rings (SSSR count). The molecule has 15 heteroatoms. The number of hydrogen-bond acceptors (Lipinski definition) is 7. The molecular formula is C33H35F6N5O4. The van der Waals surface area contributed by atoms with E-state index >= 15 is 0 Å². The molecule has 48 heavy (non-hydrogen) atoms. The first kappa shape index (κ1) is 34.9. The van der Waals surface area contributed by atoms with E-state index in [-0.39, 0.29) is 49.4 Å². The number of nitrogens with zero attached hydrogens (tertiary/aromatic N) is 5. The van der Waals surface area contributed by atoms with Crippen molar-refractivity contribution in [2.45, 2.75) is 64.0 Å². The van der Waals surface area contributed by atoms with Crippen LogP contribution in [-0.4, -0.2) is 59.8 Å². The summed E-state index contributed by atoms with van der Waals surface area (Å²) in [5.41, 5.74) is -0.223. The molecule has 0 unspecified atom stereocenters. The second kappa shape index (κ2) is 14.8. The van der Waals surface area contributed by atoms with Crippen molar-refractivity contribution in [3.63, 3.8) is 0 Å². The van der Waals surface area contributed by atoms with E-state index in [0.717, 1.165) is 5.56 Å². The van der Waals surface area contributed by atoms with Gasteiger partial charge >= 0.3 is 18.3 Å². The Labute approximate surface area is 273 Å². The van der Waals surface area contributed by atoms with E-state index in [0.29, 0.717) is 87.6 Å². The number of rotatable bonds is 12. The minimum absolute atomic E-state index is 0.0138. The Morgan fingerprint density at radius 2 is 1.50 bits per heavy atom. The number of anilines is 3. The molecule has 1 aromatic heterocycles. The molecule has 1 N–H and O–H groups in total. The summed E-state index contributed by atoms with van der Waals surface area (Å²) in [5.74, 6) is -0.963. The normalized spacial score (nSPS) is 15.0. The van der Waals surface area contributed by atoms with E-state index in [4.69, 9.17) is 9.84 Å². The average Bonchev–Trinajstić information content (AvgIpc) is 3.49. The van der Waals surface area contributed by atoms with Crippen LogP contribution in [0.3, 0.4) is 0 Å². The quantitative estimate of drug-likeness (QED) is 0.172. The number of amides is 1. The molecule has 2 aliphatic heterocycles. The fourth-order valence-corrected chi connectivity index (χ4v) is 5.97. The topological polar surface area (TPSA) is 99.1 Å². The summed E-state index contributed by atoms with van der Waals surface area (Å²) in [6, 6.07) is 6.91. The largest absolute Gasteiger partial charge is 0.481 e. The van der Waals surface area contributed by atoms with Gasteiger partial charge in [-0.2, -0.15) is 26.3 Å². The third-order valence-electron chi connectivity index (χ3n) is 8.33. The van der Waals surface area contributed by atoms with Crippen molar-refractivity contribution in [3.8, 4) is 0 Å². The molecule has 1 saturated heterocycles. The first-order valence-electron chi connectivity index (χ1n) is 15.6. The molecule has 0 radical (unpaired) electrons. The van der Waals surface area contributed by atoms with Crippen molar-refractivity contribution in [1.29, 1.82) is 0 Å². The minimum Gasteiger partial charge on any atom is -0.481 e. The lowest BCUT2D eigenvalue weighted by Crippen LogP contribution is -2.36. The Morgan fingerprint density at radius 3 is 2.12 bits per heavy atom. The predicted octanol–water partition coefficient (Wildman–Crippen LogP) is 6.48. The summed E-state index contributed by atoms with van der Waals surface area (Å²) in [5, 5.41) is 8.86. The number of ether oxygens (including phenoxy) is 1. The third-order valence-corrected chi connectivity index (χ3v) is 8.33. The van der Waals surface area contributed by atoms with Crippen molar-refractivity contribution in [2.75, 3.05) is 47.5 Å². The molecule has 0 saturated carbocycles. The number of hydrogen-bond donors (Lipinski definition) is 1. The Bertz CT molecular complexity index is 1560. The molecule has 0 bridgehead atoms. The fourth-order valence-electron chi connectivity index (χ4n) is 5.97. The number of morpholine rings is 1. The zero-order valence-electron chi connectivity index (χ0n) is 26.0. The molecular weight excluding hydrogens is 644 g/mol. The molecule has 258 valence electrons. The highest BCUT2D eigenvalue weighted by atomic mass is 19.4. The van der Waals surface area contributed by atoms with E-state index < -0.39 is 29.4 Å². The summed E-state index contributed by atoms with van der Waals surface area (Å²) < 4.78 is 87.7. The Balaban J connectivity index is 1.46. The van der Waals surface area contributed by atoms with Gasteiger partial charge in [0.05, 0.1) is 48.1 Å². The molecule has 9 nitrogen and oxygen atoms in total. The monoisotopic (exact) mass is 679 g/mol. The smallest absolute Gasteiger partial charge is 0.416 e. The number of carbonyl (C=O) groups is 2. The van der Waals surface area contributed by atoms with E-state index in [1.165, 1.54) is 4.90 Å². The lowest BCUT2D eigenvalue weighted by atomic mass is 10.0. The lowest BCUT2D eigenvalue weighted by molar-refractivity contribution is -0.143. The van der Waals surface area contributed by atoms with Gasteiger partial charge in [0.1, 0.15) is 0 Å². The van der Waals surface area contributed by atoms with Crippen molar-refractivity contribution >= 4 is 29.2 Å². The van der Waals surface area contributed by atoms with Gasteiger partial charge in [0, 0.05) is 45.6 Å². The number of unbranched alkanes of at least 4 members (excludes halogenated alkanes) is 2. The van der Waals surface area contributed by atoms with Gasteiger partial charge in [0.15, 0.2) is 0 Å². The number of benzene rings is 2. The highest BCUT2D eigenvalue weighted by Gasteiger charge is 2.37. The van der Waals surface area contributed by atoms with Gasteiger partial charge in [0.25, 0.3) is 0 Å². The number of para-hydroxylation sites is 1. The SMILES string of the molecule is O=C(O)CCCCCC(=O)N1CCc2cccc(CN(Cc3cc(C(F)(F)F)cc(C(F)(F)F)c3)c3ncc(N4CCOCC4)cn3)c21. The Hall–Kier alpha value is -4.40. The second-order valence-corrected chi connectivity index (χ2v) is 11.8. The third kappa shape index (κ3) is 8.74. The summed E-state index contributed by atoms with van der Waals surface area (Å²) in [6.07, 6.45) is -4.57. The lowest BCUT2D eigenvalue weighted by Gasteiger charge is -2.29. The number of carbonyl (C=O) groups excluding carboxylic acids is 1. The van der Waals surface area contributed by atoms with Crippen LogP contribution in [0.5, 0.6) is 0 Å². The van der Waals surface area contributed by atoms with Gasteiger partial charge in [-0.1, -0.05) is 24.6 Å². The average molecular weight is 680 g/mol. The van der Waals surface area contributed by atoms with Crippen molar-refractivity contribution < 1.29 is 45.8 Å². The number of carboxylic acids is 1. The fraction of sp³-hybridized carbons (Fsp3) is 0.455. The number of carboxylic acid groups (broad SMARTS) is 1. The summed E-state index contributed by atoms with van der Waals surface area (Å²) in [4.78, 5) is 38.2. The number of aliphatic carboxylic acids is 1. The van der Waals surface area contributed by atoms with Gasteiger partial charge in [-0.15, -0.1) is 0 Å². The van der Waals surface area contributed by atoms with Crippen LogP contribution in [0.25, 0.3) is 0 Å². The van der Waals surface area contributed by atoms with Gasteiger partial charge in [0.2, 0.25) is 11.9 Å². The molecule has 2 aromatic carbocycles. The van der Waals surface area contributed by atoms with Gasteiger partial charge in [-0.05, 0) is 54.2 Å². The van der Waals surface area contributed by atoms with Crippen LogP contribution >= 0.6 is 0 Å².